The number of hydrogen-bond acceptors (Lipinski definition) is 4. The fourth-order valence-corrected chi connectivity index (χ4v) is 2.20. The van der Waals surface area contributed by atoms with Crippen molar-refractivity contribution < 1.29 is 24.3 Å². The molecule has 1 aromatic carbocycles. The Kier molecular flexibility index (Phi) is 3.11. The van der Waals surface area contributed by atoms with E-state index in [2.05, 4.69) is 12.6 Å². The van der Waals surface area contributed by atoms with Crippen LogP contribution in [0.5, 0.6) is 0 Å². The lowest BCUT2D eigenvalue weighted by molar-refractivity contribution is 0.0694. The van der Waals surface area contributed by atoms with Gasteiger partial charge < -0.3 is 20.6 Å². The predicted molar refractivity (Wildman–Crippen MR) is 56.7 cm³/mol. The van der Waals surface area contributed by atoms with Gasteiger partial charge in [0.1, 0.15) is 0 Å². The average molecular weight is 249 g/mol. The molecule has 0 unspecified atom stereocenters. The highest BCUT2D eigenvalue weighted by molar-refractivity contribution is 7.80. The molecule has 15 heavy (non-hydrogen) atoms. The highest BCUT2D eigenvalue weighted by Crippen LogP contribution is 2.37. The molecule has 0 amide bonds. The summed E-state index contributed by atoms with van der Waals surface area (Å²) in [6, 6.07) is 2.18. The van der Waals surface area contributed by atoms with Crippen LogP contribution < -0.4 is 11.0 Å². The van der Waals surface area contributed by atoms with Crippen LogP contribution in [0.2, 0.25) is 0 Å². The molecule has 0 spiro atoms. The molecule has 1 aromatic rings. The van der Waals surface area contributed by atoms with Gasteiger partial charge in [-0.05, 0) is 12.1 Å². The number of anilines is 1. The molecular formula is C7H8NO5PS. The van der Waals surface area contributed by atoms with Crippen LogP contribution in [0.4, 0.5) is 5.69 Å². The highest BCUT2D eigenvalue weighted by atomic mass is 32.1. The minimum absolute atomic E-state index is 0.0490. The number of nitrogens with two attached hydrogens (primary N) is 1. The summed E-state index contributed by atoms with van der Waals surface area (Å²) in [5, 5.41) is 8.20. The number of aromatic carboxylic acids is 1. The second kappa shape index (κ2) is 3.86. The van der Waals surface area contributed by atoms with Crippen molar-refractivity contribution in [3.05, 3.63) is 17.7 Å². The number of benzene rings is 1. The minimum Gasteiger partial charge on any atom is -0.478 e. The molecule has 0 aromatic heterocycles. The zero-order chi connectivity index (χ0) is 11.8. The maximum Gasteiger partial charge on any atom is 0.357 e. The summed E-state index contributed by atoms with van der Waals surface area (Å²) in [5.41, 5.74) is 4.86. The number of thiol groups is 1. The smallest absolute Gasteiger partial charge is 0.357 e. The first kappa shape index (κ1) is 12.1. The summed E-state index contributed by atoms with van der Waals surface area (Å²) in [6.07, 6.45) is 0. The summed E-state index contributed by atoms with van der Waals surface area (Å²) < 4.78 is 11.0. The lowest BCUT2D eigenvalue weighted by Crippen LogP contribution is -2.17. The van der Waals surface area contributed by atoms with E-state index in [1.54, 1.807) is 0 Å². The van der Waals surface area contributed by atoms with E-state index in [9.17, 15) is 9.36 Å². The second-order valence-corrected chi connectivity index (χ2v) is 4.76. The molecule has 0 fully saturated rings. The van der Waals surface area contributed by atoms with E-state index in [1.165, 1.54) is 6.07 Å². The van der Waals surface area contributed by atoms with Gasteiger partial charge in [-0.25, -0.2) is 4.79 Å². The number of carbonyl (C=O) groups is 1. The van der Waals surface area contributed by atoms with Crippen molar-refractivity contribution in [3.8, 4) is 0 Å². The van der Waals surface area contributed by atoms with Crippen LogP contribution in [0, 0.1) is 0 Å². The molecular weight excluding hydrogens is 241 g/mol. The first-order valence-corrected chi connectivity index (χ1v) is 5.72. The molecule has 0 aliphatic rings. The van der Waals surface area contributed by atoms with E-state index >= 15 is 0 Å². The van der Waals surface area contributed by atoms with Gasteiger partial charge in [-0.3, -0.25) is 4.57 Å². The van der Waals surface area contributed by atoms with Crippen LogP contribution in [-0.2, 0) is 4.57 Å². The van der Waals surface area contributed by atoms with Gasteiger partial charge in [-0.1, -0.05) is 0 Å². The van der Waals surface area contributed by atoms with Gasteiger partial charge in [0.2, 0.25) is 0 Å². The van der Waals surface area contributed by atoms with Crippen LogP contribution in [-0.4, -0.2) is 20.9 Å². The molecule has 82 valence electrons. The molecule has 0 atom stereocenters. The van der Waals surface area contributed by atoms with E-state index < -0.39 is 24.4 Å². The van der Waals surface area contributed by atoms with Crippen LogP contribution in [0.1, 0.15) is 10.4 Å². The topological polar surface area (TPSA) is 121 Å². The van der Waals surface area contributed by atoms with Crippen LogP contribution >= 0.6 is 20.2 Å². The van der Waals surface area contributed by atoms with Gasteiger partial charge in [0.05, 0.1) is 10.9 Å². The second-order valence-electron chi connectivity index (χ2n) is 2.75. The fourth-order valence-electron chi connectivity index (χ4n) is 1.05. The maximum atomic E-state index is 11.0. The lowest BCUT2D eigenvalue weighted by atomic mass is 10.2. The Labute approximate surface area is 90.3 Å². The van der Waals surface area contributed by atoms with Gasteiger partial charge in [0, 0.05) is 10.6 Å². The third kappa shape index (κ3) is 2.32. The van der Waals surface area contributed by atoms with Gasteiger partial charge in [-0.15, -0.1) is 12.6 Å². The first-order chi connectivity index (χ1) is 6.75. The normalized spacial score (nSPS) is 11.4. The van der Waals surface area contributed by atoms with Crippen molar-refractivity contribution in [2.24, 2.45) is 0 Å². The summed E-state index contributed by atoms with van der Waals surface area (Å²) in [5.74, 6) is -1.48. The molecule has 5 N–H and O–H groups in total. The molecule has 6 nitrogen and oxygen atoms in total. The first-order valence-electron chi connectivity index (χ1n) is 3.66. The largest absolute Gasteiger partial charge is 0.478 e. The van der Waals surface area contributed by atoms with Crippen LogP contribution in [0.25, 0.3) is 0 Å². The number of carboxylic acid groups (broad SMARTS) is 1. The number of carboxylic acids is 1. The van der Waals surface area contributed by atoms with Crippen molar-refractivity contribution in [2.75, 3.05) is 5.73 Å². The SMILES string of the molecule is Nc1ccc(P(=O)(O)O)c(C(=O)O)c1S. The van der Waals surface area contributed by atoms with E-state index in [-0.39, 0.29) is 10.6 Å². The molecule has 0 saturated carbocycles. The average Bonchev–Trinajstić information content (AvgIpc) is 2.06. The van der Waals surface area contributed by atoms with Gasteiger partial charge >= 0.3 is 13.6 Å². The van der Waals surface area contributed by atoms with Crippen LogP contribution in [0.3, 0.4) is 0 Å². The zero-order valence-electron chi connectivity index (χ0n) is 7.28. The highest BCUT2D eigenvalue weighted by Gasteiger charge is 2.27. The Morgan fingerprint density at radius 1 is 1.40 bits per heavy atom. The van der Waals surface area contributed by atoms with E-state index in [4.69, 9.17) is 20.6 Å². The Morgan fingerprint density at radius 2 is 1.93 bits per heavy atom. The lowest BCUT2D eigenvalue weighted by Gasteiger charge is -2.11. The molecule has 1 rings (SSSR count). The van der Waals surface area contributed by atoms with Crippen LogP contribution in [0.15, 0.2) is 17.0 Å². The molecule has 0 aliphatic carbocycles. The third-order valence-corrected chi connectivity index (χ3v) is 3.20. The van der Waals surface area contributed by atoms with E-state index in [1.807, 2.05) is 0 Å². The Balaban J connectivity index is 3.62. The quantitative estimate of drug-likeness (QED) is 0.287. The monoisotopic (exact) mass is 249 g/mol. The Morgan fingerprint density at radius 3 is 2.33 bits per heavy atom. The molecule has 0 saturated heterocycles. The standard InChI is InChI=1S/C7H8NO5PS/c8-3-1-2-4(14(11,12)13)5(6(3)15)7(9)10/h1-2,15H,8H2,(H,9,10)(H2,11,12,13). The van der Waals surface area contributed by atoms with Crippen molar-refractivity contribution in [1.29, 1.82) is 0 Å². The fraction of sp³-hybridized carbons (Fsp3) is 0. The van der Waals surface area contributed by atoms with E-state index in [0.717, 1.165) is 6.07 Å². The zero-order valence-corrected chi connectivity index (χ0v) is 9.07. The Hall–Kier alpha value is -1.01. The maximum absolute atomic E-state index is 11.0. The van der Waals surface area contributed by atoms with Crippen molar-refractivity contribution in [3.63, 3.8) is 0 Å². The molecule has 0 aliphatic heterocycles. The van der Waals surface area contributed by atoms with Gasteiger partial charge in [-0.2, -0.15) is 0 Å². The molecule has 0 radical (unpaired) electrons. The van der Waals surface area contributed by atoms with Gasteiger partial charge in [0.15, 0.2) is 0 Å². The molecule has 0 bridgehead atoms. The van der Waals surface area contributed by atoms with Crippen molar-refractivity contribution in [1.82, 2.24) is 0 Å². The van der Waals surface area contributed by atoms with Crippen molar-refractivity contribution in [2.45, 2.75) is 4.90 Å². The van der Waals surface area contributed by atoms with Crippen molar-refractivity contribution >= 4 is 37.2 Å². The number of nitrogen functional groups attached to an aromatic ring is 1. The summed E-state index contributed by atoms with van der Waals surface area (Å²) in [4.78, 5) is 28.5. The number of rotatable bonds is 2. The Bertz CT molecular complexity index is 469. The van der Waals surface area contributed by atoms with Gasteiger partial charge in [0.25, 0.3) is 0 Å². The molecule has 0 heterocycles. The third-order valence-electron chi connectivity index (χ3n) is 1.71. The minimum atomic E-state index is -4.64. The summed E-state index contributed by atoms with van der Waals surface area (Å²) in [6.45, 7) is 0. The summed E-state index contributed by atoms with van der Waals surface area (Å²) in [7, 11) is -4.64. The molecule has 8 heteroatoms. The number of hydrogen-bond donors (Lipinski definition) is 5. The predicted octanol–water partition coefficient (Wildman–Crippen LogP) is 0.0587. The summed E-state index contributed by atoms with van der Waals surface area (Å²) >= 11 is 3.80. The van der Waals surface area contributed by atoms with E-state index in [0.29, 0.717) is 0 Å².